The number of benzene rings is 1. The summed E-state index contributed by atoms with van der Waals surface area (Å²) in [5.74, 6) is -0.797. The molecule has 0 radical (unpaired) electrons. The number of hydrogen-bond acceptors (Lipinski definition) is 2. The Labute approximate surface area is 93.5 Å². The molecule has 1 aliphatic rings. The zero-order chi connectivity index (χ0) is 11.5. The maximum Gasteiger partial charge on any atom is 0.335 e. The maximum atomic E-state index is 12.5. The predicted molar refractivity (Wildman–Crippen MR) is 59.7 cm³/mol. The first-order chi connectivity index (χ1) is 7.70. The molecule has 3 nitrogen and oxygen atoms in total. The summed E-state index contributed by atoms with van der Waals surface area (Å²) in [5, 5.41) is 8.76. The largest absolute Gasteiger partial charge is 0.478 e. The van der Waals surface area contributed by atoms with Gasteiger partial charge in [0.2, 0.25) is 0 Å². The van der Waals surface area contributed by atoms with Gasteiger partial charge in [-0.25, -0.2) is 4.79 Å². The minimum Gasteiger partial charge on any atom is -0.478 e. The zero-order valence-electron chi connectivity index (χ0n) is 8.90. The third-order valence-electron chi connectivity index (χ3n) is 2.98. The molecule has 0 unspecified atom stereocenters. The van der Waals surface area contributed by atoms with Crippen LogP contribution in [0.2, 0.25) is 0 Å². The van der Waals surface area contributed by atoms with Gasteiger partial charge >= 0.3 is 5.97 Å². The number of rotatable bonds is 3. The number of carboxylic acids is 1. The normalized spacial score (nSPS) is 20.1. The predicted octanol–water partition coefficient (Wildman–Crippen LogP) is 2.18. The van der Waals surface area contributed by atoms with Crippen LogP contribution in [0, 0.1) is 5.92 Å². The second-order valence-electron chi connectivity index (χ2n) is 4.11. The van der Waals surface area contributed by atoms with Crippen LogP contribution < -0.4 is 4.90 Å². The summed E-state index contributed by atoms with van der Waals surface area (Å²) < 4.78 is 12.5. The second kappa shape index (κ2) is 4.51. The summed E-state index contributed by atoms with van der Waals surface area (Å²) >= 11 is 0. The number of hydrogen-bond donors (Lipinski definition) is 1. The second-order valence-corrected chi connectivity index (χ2v) is 4.11. The van der Waals surface area contributed by atoms with E-state index in [0.29, 0.717) is 0 Å². The van der Waals surface area contributed by atoms with Crippen molar-refractivity contribution in [2.45, 2.75) is 6.42 Å². The first-order valence-corrected chi connectivity index (χ1v) is 5.35. The van der Waals surface area contributed by atoms with Crippen LogP contribution in [0.3, 0.4) is 0 Å². The topological polar surface area (TPSA) is 40.5 Å². The molecule has 0 spiro atoms. The fraction of sp³-hybridized carbons (Fsp3) is 0.417. The quantitative estimate of drug-likeness (QED) is 0.853. The van der Waals surface area contributed by atoms with Gasteiger partial charge in [0, 0.05) is 24.7 Å². The van der Waals surface area contributed by atoms with Crippen LogP contribution in [0.5, 0.6) is 0 Å². The fourth-order valence-electron chi connectivity index (χ4n) is 2.01. The smallest absolute Gasteiger partial charge is 0.335 e. The third-order valence-corrected chi connectivity index (χ3v) is 2.98. The highest BCUT2D eigenvalue weighted by Gasteiger charge is 2.22. The summed E-state index contributed by atoms with van der Waals surface area (Å²) in [7, 11) is 0. The van der Waals surface area contributed by atoms with Gasteiger partial charge in [-0.05, 0) is 30.7 Å². The SMILES string of the molecule is O=C(O)c1ccc(N2CC[C@@H](CF)C2)cc1. The molecule has 1 saturated heterocycles. The van der Waals surface area contributed by atoms with E-state index >= 15 is 0 Å². The van der Waals surface area contributed by atoms with Gasteiger partial charge in [-0.2, -0.15) is 0 Å². The Kier molecular flexibility index (Phi) is 3.08. The minimum absolute atomic E-state index is 0.124. The van der Waals surface area contributed by atoms with Crippen molar-refractivity contribution < 1.29 is 14.3 Å². The van der Waals surface area contributed by atoms with Crippen molar-refractivity contribution in [2.24, 2.45) is 5.92 Å². The molecular weight excluding hydrogens is 209 g/mol. The van der Waals surface area contributed by atoms with Crippen molar-refractivity contribution >= 4 is 11.7 Å². The van der Waals surface area contributed by atoms with Crippen molar-refractivity contribution in [3.8, 4) is 0 Å². The monoisotopic (exact) mass is 223 g/mol. The van der Waals surface area contributed by atoms with Crippen LogP contribution in [0.15, 0.2) is 24.3 Å². The van der Waals surface area contributed by atoms with Crippen molar-refractivity contribution in [3.63, 3.8) is 0 Å². The van der Waals surface area contributed by atoms with Gasteiger partial charge in [0.15, 0.2) is 0 Å². The van der Waals surface area contributed by atoms with Crippen LogP contribution in [0.25, 0.3) is 0 Å². The Balaban J connectivity index is 2.08. The molecule has 1 N–H and O–H groups in total. The summed E-state index contributed by atoms with van der Waals surface area (Å²) in [5.41, 5.74) is 1.26. The fourth-order valence-corrected chi connectivity index (χ4v) is 2.01. The number of carboxylic acid groups (broad SMARTS) is 1. The molecule has 1 aromatic carbocycles. The molecule has 0 bridgehead atoms. The molecule has 1 atom stereocenters. The summed E-state index contributed by atoms with van der Waals surface area (Å²) in [6.45, 7) is 1.30. The highest BCUT2D eigenvalue weighted by Crippen LogP contribution is 2.24. The molecule has 1 heterocycles. The van der Waals surface area contributed by atoms with E-state index in [9.17, 15) is 9.18 Å². The van der Waals surface area contributed by atoms with E-state index in [1.807, 2.05) is 0 Å². The zero-order valence-corrected chi connectivity index (χ0v) is 8.90. The van der Waals surface area contributed by atoms with Crippen molar-refractivity contribution in [1.82, 2.24) is 0 Å². The van der Waals surface area contributed by atoms with Crippen LogP contribution in [-0.4, -0.2) is 30.8 Å². The molecule has 1 aromatic rings. The number of nitrogens with zero attached hydrogens (tertiary/aromatic N) is 1. The Morgan fingerprint density at radius 3 is 2.62 bits per heavy atom. The molecule has 16 heavy (non-hydrogen) atoms. The Morgan fingerprint density at radius 2 is 2.12 bits per heavy atom. The van der Waals surface area contributed by atoms with Crippen molar-refractivity contribution in [2.75, 3.05) is 24.7 Å². The van der Waals surface area contributed by atoms with Gasteiger partial charge in [-0.3, -0.25) is 4.39 Å². The van der Waals surface area contributed by atoms with Crippen LogP contribution in [0.4, 0.5) is 10.1 Å². The molecule has 0 amide bonds. The van der Waals surface area contributed by atoms with E-state index in [1.54, 1.807) is 24.3 Å². The highest BCUT2D eigenvalue weighted by molar-refractivity contribution is 5.88. The average Bonchev–Trinajstić information content (AvgIpc) is 2.77. The lowest BCUT2D eigenvalue weighted by atomic mass is 10.1. The number of alkyl halides is 1. The van der Waals surface area contributed by atoms with E-state index in [4.69, 9.17) is 5.11 Å². The van der Waals surface area contributed by atoms with Gasteiger partial charge < -0.3 is 10.0 Å². The van der Waals surface area contributed by atoms with E-state index < -0.39 is 5.97 Å². The molecule has 2 rings (SSSR count). The first-order valence-electron chi connectivity index (χ1n) is 5.35. The molecular formula is C12H14FNO2. The maximum absolute atomic E-state index is 12.5. The summed E-state index contributed by atoms with van der Waals surface area (Å²) in [6.07, 6.45) is 0.872. The lowest BCUT2D eigenvalue weighted by molar-refractivity contribution is 0.0697. The van der Waals surface area contributed by atoms with E-state index in [2.05, 4.69) is 4.90 Å². The first kappa shape index (κ1) is 10.9. The molecule has 4 heteroatoms. The summed E-state index contributed by atoms with van der Waals surface area (Å²) in [6, 6.07) is 6.73. The van der Waals surface area contributed by atoms with Gasteiger partial charge in [0.05, 0.1) is 12.2 Å². The van der Waals surface area contributed by atoms with Crippen molar-refractivity contribution in [1.29, 1.82) is 0 Å². The Bertz CT molecular complexity index is 377. The highest BCUT2D eigenvalue weighted by atomic mass is 19.1. The van der Waals surface area contributed by atoms with Crippen LogP contribution in [0.1, 0.15) is 16.8 Å². The lowest BCUT2D eigenvalue weighted by Crippen LogP contribution is -2.20. The third kappa shape index (κ3) is 2.15. The van der Waals surface area contributed by atoms with Gasteiger partial charge in [-0.15, -0.1) is 0 Å². The van der Waals surface area contributed by atoms with Crippen molar-refractivity contribution in [3.05, 3.63) is 29.8 Å². The van der Waals surface area contributed by atoms with Crippen LogP contribution >= 0.6 is 0 Å². The molecule has 1 fully saturated rings. The Morgan fingerprint density at radius 1 is 1.44 bits per heavy atom. The number of halogens is 1. The number of aromatic carboxylic acids is 1. The minimum atomic E-state index is -0.922. The number of carbonyl (C=O) groups is 1. The van der Waals surface area contributed by atoms with Crippen LogP contribution in [-0.2, 0) is 0 Å². The van der Waals surface area contributed by atoms with E-state index in [1.165, 1.54) is 0 Å². The molecule has 0 aliphatic carbocycles. The molecule has 0 saturated carbocycles. The van der Waals surface area contributed by atoms with E-state index in [0.717, 1.165) is 25.2 Å². The van der Waals surface area contributed by atoms with Gasteiger partial charge in [-0.1, -0.05) is 0 Å². The van der Waals surface area contributed by atoms with Gasteiger partial charge in [0.1, 0.15) is 0 Å². The summed E-state index contributed by atoms with van der Waals surface area (Å²) in [4.78, 5) is 12.8. The molecule has 86 valence electrons. The number of anilines is 1. The lowest BCUT2D eigenvalue weighted by Gasteiger charge is -2.18. The van der Waals surface area contributed by atoms with Gasteiger partial charge in [0.25, 0.3) is 0 Å². The molecule has 0 aromatic heterocycles. The van der Waals surface area contributed by atoms with E-state index in [-0.39, 0.29) is 18.2 Å². The standard InChI is InChI=1S/C12H14FNO2/c13-7-9-5-6-14(8-9)11-3-1-10(2-4-11)12(15)16/h1-4,9H,5-8H2,(H,15,16)/t9-/m0/s1. The molecule has 1 aliphatic heterocycles. The Hall–Kier alpha value is -1.58. The average molecular weight is 223 g/mol.